The van der Waals surface area contributed by atoms with Gasteiger partial charge in [-0.3, -0.25) is 4.68 Å². The molecule has 0 aliphatic carbocycles. The largest absolute Gasteiger partial charge is 0.381 e. The van der Waals surface area contributed by atoms with Crippen molar-refractivity contribution in [1.82, 2.24) is 15.0 Å². The van der Waals surface area contributed by atoms with Gasteiger partial charge in [-0.15, -0.1) is 11.7 Å². The van der Waals surface area contributed by atoms with Crippen LogP contribution in [0.2, 0.25) is 0 Å². The number of unbranched alkanes of at least 4 members (excludes halogenated alkanes) is 1. The molecule has 2 N–H and O–H groups in total. The first-order valence-electron chi connectivity index (χ1n) is 3.59. The minimum atomic E-state index is 0.476. The summed E-state index contributed by atoms with van der Waals surface area (Å²) in [5.41, 5.74) is 5.37. The zero-order valence-electron chi connectivity index (χ0n) is 6.40. The predicted molar refractivity (Wildman–Crippen MR) is 43.9 cm³/mol. The third-order valence-corrected chi connectivity index (χ3v) is 1.35. The Bertz CT molecular complexity index is 228. The fraction of sp³-hybridized carbons (Fsp3) is 0.429. The lowest BCUT2D eigenvalue weighted by Crippen LogP contribution is -1.97. The second-order valence-corrected chi connectivity index (χ2v) is 2.34. The average Bonchev–Trinajstić information content (AvgIpc) is 2.37. The van der Waals surface area contributed by atoms with Gasteiger partial charge in [-0.1, -0.05) is 11.3 Å². The van der Waals surface area contributed by atoms with E-state index in [1.807, 2.05) is 6.08 Å². The fourth-order valence-corrected chi connectivity index (χ4v) is 0.820. The van der Waals surface area contributed by atoms with Gasteiger partial charge >= 0.3 is 0 Å². The zero-order chi connectivity index (χ0) is 8.10. The van der Waals surface area contributed by atoms with E-state index >= 15 is 0 Å². The van der Waals surface area contributed by atoms with Crippen molar-refractivity contribution < 1.29 is 0 Å². The second-order valence-electron chi connectivity index (χ2n) is 2.34. The molecule has 0 aliphatic heterocycles. The Morgan fingerprint density at radius 1 is 1.73 bits per heavy atom. The fourth-order valence-electron chi connectivity index (χ4n) is 0.820. The van der Waals surface area contributed by atoms with Crippen molar-refractivity contribution in [2.75, 3.05) is 5.73 Å². The number of hydrogen-bond donors (Lipinski definition) is 1. The Balaban J connectivity index is 2.32. The van der Waals surface area contributed by atoms with Gasteiger partial charge in [0.15, 0.2) is 5.82 Å². The van der Waals surface area contributed by atoms with Crippen LogP contribution in [0.3, 0.4) is 0 Å². The maximum atomic E-state index is 5.37. The van der Waals surface area contributed by atoms with Gasteiger partial charge in [0.05, 0.1) is 6.20 Å². The second kappa shape index (κ2) is 3.75. The lowest BCUT2D eigenvalue weighted by Gasteiger charge is -1.95. The minimum absolute atomic E-state index is 0.476. The van der Waals surface area contributed by atoms with Gasteiger partial charge < -0.3 is 5.73 Å². The molecule has 0 radical (unpaired) electrons. The highest BCUT2D eigenvalue weighted by molar-refractivity contribution is 5.19. The van der Waals surface area contributed by atoms with E-state index in [4.69, 9.17) is 5.73 Å². The summed E-state index contributed by atoms with van der Waals surface area (Å²) in [5, 5.41) is 7.46. The number of aryl methyl sites for hydroxylation is 1. The van der Waals surface area contributed by atoms with Crippen molar-refractivity contribution in [2.24, 2.45) is 0 Å². The van der Waals surface area contributed by atoms with Crippen molar-refractivity contribution in [3.63, 3.8) is 0 Å². The van der Waals surface area contributed by atoms with Crippen LogP contribution in [-0.4, -0.2) is 15.0 Å². The molecule has 1 rings (SSSR count). The van der Waals surface area contributed by atoms with Crippen LogP contribution in [0.4, 0.5) is 5.82 Å². The van der Waals surface area contributed by atoms with Crippen LogP contribution >= 0.6 is 0 Å². The molecular weight excluding hydrogens is 140 g/mol. The zero-order valence-corrected chi connectivity index (χ0v) is 6.40. The summed E-state index contributed by atoms with van der Waals surface area (Å²) in [5.74, 6) is 0.476. The third-order valence-electron chi connectivity index (χ3n) is 1.35. The molecule has 0 aromatic carbocycles. The van der Waals surface area contributed by atoms with E-state index in [0.29, 0.717) is 5.82 Å². The molecule has 60 valence electrons. The summed E-state index contributed by atoms with van der Waals surface area (Å²) >= 11 is 0. The van der Waals surface area contributed by atoms with Gasteiger partial charge in [-0.05, 0) is 12.8 Å². The topological polar surface area (TPSA) is 56.7 Å². The van der Waals surface area contributed by atoms with Crippen molar-refractivity contribution in [2.45, 2.75) is 19.4 Å². The molecule has 11 heavy (non-hydrogen) atoms. The summed E-state index contributed by atoms with van der Waals surface area (Å²) < 4.78 is 1.73. The van der Waals surface area contributed by atoms with Crippen LogP contribution in [0.25, 0.3) is 0 Å². The molecule has 1 aromatic heterocycles. The molecule has 0 saturated carbocycles. The molecule has 0 aliphatic rings. The van der Waals surface area contributed by atoms with E-state index in [0.717, 1.165) is 19.4 Å². The van der Waals surface area contributed by atoms with Gasteiger partial charge in [-0.25, -0.2) is 0 Å². The summed E-state index contributed by atoms with van der Waals surface area (Å²) in [6.45, 7) is 4.48. The Kier molecular flexibility index (Phi) is 2.66. The molecule has 0 saturated heterocycles. The molecule has 4 heteroatoms. The molecule has 0 amide bonds. The van der Waals surface area contributed by atoms with Crippen molar-refractivity contribution in [3.05, 3.63) is 18.9 Å². The number of nitrogen functional groups attached to an aromatic ring is 1. The van der Waals surface area contributed by atoms with Crippen molar-refractivity contribution in [3.8, 4) is 0 Å². The lowest BCUT2D eigenvalue weighted by molar-refractivity contribution is 0.563. The molecule has 0 unspecified atom stereocenters. The smallest absolute Gasteiger partial charge is 0.165 e. The highest BCUT2D eigenvalue weighted by atomic mass is 15.4. The molecule has 4 nitrogen and oxygen atoms in total. The van der Waals surface area contributed by atoms with Crippen molar-refractivity contribution in [1.29, 1.82) is 0 Å². The first-order chi connectivity index (χ1) is 5.33. The number of hydrogen-bond acceptors (Lipinski definition) is 3. The molecule has 0 atom stereocenters. The normalized spacial score (nSPS) is 9.82. The Labute approximate surface area is 65.7 Å². The molecular formula is C7H12N4. The van der Waals surface area contributed by atoms with Gasteiger partial charge in [0, 0.05) is 6.54 Å². The molecule has 1 heterocycles. The number of rotatable bonds is 4. The summed E-state index contributed by atoms with van der Waals surface area (Å²) in [4.78, 5) is 0. The van der Waals surface area contributed by atoms with Gasteiger partial charge in [0.25, 0.3) is 0 Å². The summed E-state index contributed by atoms with van der Waals surface area (Å²) in [6.07, 6.45) is 5.65. The van der Waals surface area contributed by atoms with Crippen LogP contribution < -0.4 is 5.73 Å². The molecule has 1 aromatic rings. The van der Waals surface area contributed by atoms with Crippen LogP contribution in [0, 0.1) is 0 Å². The Hall–Kier alpha value is -1.32. The maximum absolute atomic E-state index is 5.37. The Morgan fingerprint density at radius 2 is 2.55 bits per heavy atom. The summed E-state index contributed by atoms with van der Waals surface area (Å²) in [7, 11) is 0. The van der Waals surface area contributed by atoms with Gasteiger partial charge in [-0.2, -0.15) is 0 Å². The number of aromatic nitrogens is 3. The highest BCUT2D eigenvalue weighted by Gasteiger charge is 1.93. The number of anilines is 1. The first kappa shape index (κ1) is 7.78. The standard InChI is InChI=1S/C7H12N4/c1-2-3-4-5-11-6-7(8)9-10-11/h2,6H,1,3-5,8H2. The van der Waals surface area contributed by atoms with Crippen LogP contribution in [-0.2, 0) is 6.54 Å². The van der Waals surface area contributed by atoms with Crippen LogP contribution in [0.1, 0.15) is 12.8 Å². The highest BCUT2D eigenvalue weighted by Crippen LogP contribution is 1.96. The van der Waals surface area contributed by atoms with E-state index in [1.165, 1.54) is 0 Å². The van der Waals surface area contributed by atoms with E-state index in [2.05, 4.69) is 16.9 Å². The minimum Gasteiger partial charge on any atom is -0.381 e. The number of nitrogens with two attached hydrogens (primary N) is 1. The molecule has 0 spiro atoms. The first-order valence-corrected chi connectivity index (χ1v) is 3.59. The maximum Gasteiger partial charge on any atom is 0.165 e. The lowest BCUT2D eigenvalue weighted by atomic mass is 10.3. The number of allylic oxidation sites excluding steroid dienone is 1. The van der Waals surface area contributed by atoms with Gasteiger partial charge in [0.2, 0.25) is 0 Å². The quantitative estimate of drug-likeness (QED) is 0.513. The van der Waals surface area contributed by atoms with Crippen LogP contribution in [0.15, 0.2) is 18.9 Å². The average molecular weight is 152 g/mol. The molecule has 0 bridgehead atoms. The molecule has 0 fully saturated rings. The van der Waals surface area contributed by atoms with Crippen LogP contribution in [0.5, 0.6) is 0 Å². The predicted octanol–water partition coefficient (Wildman–Crippen LogP) is 0.826. The van der Waals surface area contributed by atoms with E-state index < -0.39 is 0 Å². The van der Waals surface area contributed by atoms with E-state index in [9.17, 15) is 0 Å². The SMILES string of the molecule is C=CCCCn1cc(N)nn1. The van der Waals surface area contributed by atoms with Gasteiger partial charge in [0.1, 0.15) is 0 Å². The third kappa shape index (κ3) is 2.41. The van der Waals surface area contributed by atoms with E-state index in [1.54, 1.807) is 10.9 Å². The number of nitrogens with zero attached hydrogens (tertiary/aromatic N) is 3. The monoisotopic (exact) mass is 152 g/mol. The van der Waals surface area contributed by atoms with Crippen molar-refractivity contribution >= 4 is 5.82 Å². The van der Waals surface area contributed by atoms with E-state index in [-0.39, 0.29) is 0 Å². The Morgan fingerprint density at radius 3 is 3.09 bits per heavy atom. The summed E-state index contributed by atoms with van der Waals surface area (Å²) in [6, 6.07) is 0.